The lowest BCUT2D eigenvalue weighted by Crippen LogP contribution is -2.37. The summed E-state index contributed by atoms with van der Waals surface area (Å²) in [6.07, 6.45) is 4.75. The van der Waals surface area contributed by atoms with Crippen LogP contribution in [0.1, 0.15) is 25.7 Å². The predicted molar refractivity (Wildman–Crippen MR) is 56.2 cm³/mol. The van der Waals surface area contributed by atoms with Crippen molar-refractivity contribution in [1.29, 1.82) is 0 Å². The van der Waals surface area contributed by atoms with Crippen molar-refractivity contribution in [1.82, 2.24) is 4.90 Å². The Bertz CT molecular complexity index is 132. The first-order valence-corrected chi connectivity index (χ1v) is 5.79. The van der Waals surface area contributed by atoms with Gasteiger partial charge in [0, 0.05) is 19.0 Å². The van der Waals surface area contributed by atoms with Crippen molar-refractivity contribution in [2.45, 2.75) is 25.7 Å². The number of hydrogen-bond donors (Lipinski definition) is 1. The van der Waals surface area contributed by atoms with E-state index in [9.17, 15) is 0 Å². The molecule has 0 aromatic carbocycles. The van der Waals surface area contributed by atoms with Crippen molar-refractivity contribution in [3.05, 3.63) is 0 Å². The number of nitrogens with zero attached hydrogens (tertiary/aromatic N) is 1. The molecular weight excluding hydrogens is 186 g/mol. The first-order chi connectivity index (χ1) is 6.36. The highest BCUT2D eigenvalue weighted by molar-refractivity contribution is 6.17. The van der Waals surface area contributed by atoms with E-state index < -0.39 is 0 Å². The molecule has 0 aromatic rings. The Morgan fingerprint density at radius 3 is 2.92 bits per heavy atom. The monoisotopic (exact) mass is 205 g/mol. The van der Waals surface area contributed by atoms with E-state index in [4.69, 9.17) is 16.7 Å². The SMILES string of the molecule is OCC1CCCN(CCCCCl)C1. The van der Waals surface area contributed by atoms with Gasteiger partial charge in [-0.05, 0) is 44.7 Å². The largest absolute Gasteiger partial charge is 0.396 e. The molecule has 0 radical (unpaired) electrons. The molecule has 2 nitrogen and oxygen atoms in total. The first-order valence-electron chi connectivity index (χ1n) is 5.26. The van der Waals surface area contributed by atoms with E-state index in [0.717, 1.165) is 25.4 Å². The minimum absolute atomic E-state index is 0.353. The van der Waals surface area contributed by atoms with Crippen LogP contribution in [0.3, 0.4) is 0 Å². The fourth-order valence-corrected chi connectivity index (χ4v) is 2.12. The van der Waals surface area contributed by atoms with Crippen molar-refractivity contribution in [3.63, 3.8) is 0 Å². The lowest BCUT2D eigenvalue weighted by molar-refractivity contribution is 0.119. The van der Waals surface area contributed by atoms with E-state index >= 15 is 0 Å². The van der Waals surface area contributed by atoms with Crippen LogP contribution in [-0.2, 0) is 0 Å². The number of halogens is 1. The number of aliphatic hydroxyl groups is 1. The zero-order chi connectivity index (χ0) is 9.52. The molecule has 1 unspecified atom stereocenters. The number of likely N-dealkylation sites (tertiary alicyclic amines) is 1. The molecule has 1 fully saturated rings. The van der Waals surface area contributed by atoms with Crippen LogP contribution in [0.4, 0.5) is 0 Å². The summed E-state index contributed by atoms with van der Waals surface area (Å²) in [5, 5.41) is 9.03. The molecule has 1 N–H and O–H groups in total. The van der Waals surface area contributed by atoms with Gasteiger partial charge in [0.05, 0.1) is 0 Å². The molecule has 0 saturated carbocycles. The predicted octanol–water partition coefficient (Wildman–Crippen LogP) is 1.71. The van der Waals surface area contributed by atoms with Crippen molar-refractivity contribution >= 4 is 11.6 Å². The lowest BCUT2D eigenvalue weighted by atomic mass is 9.99. The molecule has 1 heterocycles. The molecule has 1 aliphatic rings. The smallest absolute Gasteiger partial charge is 0.0471 e. The second-order valence-corrected chi connectivity index (χ2v) is 4.27. The van der Waals surface area contributed by atoms with E-state index in [1.165, 1.54) is 25.8 Å². The molecule has 1 rings (SSSR count). The molecule has 78 valence electrons. The van der Waals surface area contributed by atoms with Gasteiger partial charge >= 0.3 is 0 Å². The van der Waals surface area contributed by atoms with Crippen LogP contribution in [0.15, 0.2) is 0 Å². The number of unbranched alkanes of at least 4 members (excludes halogenated alkanes) is 1. The molecule has 1 saturated heterocycles. The van der Waals surface area contributed by atoms with Gasteiger partial charge in [-0.1, -0.05) is 0 Å². The molecule has 0 aromatic heterocycles. The Morgan fingerprint density at radius 1 is 1.38 bits per heavy atom. The topological polar surface area (TPSA) is 23.5 Å². The van der Waals surface area contributed by atoms with Crippen molar-refractivity contribution in [3.8, 4) is 0 Å². The van der Waals surface area contributed by atoms with E-state index in [1.54, 1.807) is 0 Å². The van der Waals surface area contributed by atoms with E-state index in [0.29, 0.717) is 12.5 Å². The Kier molecular flexibility index (Phi) is 5.76. The fraction of sp³-hybridized carbons (Fsp3) is 1.00. The molecule has 1 atom stereocenters. The van der Waals surface area contributed by atoms with Crippen LogP contribution >= 0.6 is 11.6 Å². The molecule has 13 heavy (non-hydrogen) atoms. The summed E-state index contributed by atoms with van der Waals surface area (Å²) in [7, 11) is 0. The molecule has 1 aliphatic heterocycles. The van der Waals surface area contributed by atoms with Crippen LogP contribution in [-0.4, -0.2) is 42.1 Å². The molecule has 0 aliphatic carbocycles. The van der Waals surface area contributed by atoms with Crippen LogP contribution in [0.5, 0.6) is 0 Å². The van der Waals surface area contributed by atoms with Crippen LogP contribution < -0.4 is 0 Å². The average molecular weight is 206 g/mol. The highest BCUT2D eigenvalue weighted by Crippen LogP contribution is 2.15. The third-order valence-corrected chi connectivity index (χ3v) is 2.99. The zero-order valence-electron chi connectivity index (χ0n) is 8.21. The van der Waals surface area contributed by atoms with Gasteiger partial charge in [0.2, 0.25) is 0 Å². The maximum atomic E-state index is 9.03. The minimum atomic E-state index is 0.353. The first kappa shape index (κ1) is 11.3. The average Bonchev–Trinajstić information content (AvgIpc) is 2.19. The summed E-state index contributed by atoms with van der Waals surface area (Å²) in [5.74, 6) is 1.29. The molecule has 3 heteroatoms. The second kappa shape index (κ2) is 6.63. The second-order valence-electron chi connectivity index (χ2n) is 3.89. The third kappa shape index (κ3) is 4.30. The number of piperidine rings is 1. The quantitative estimate of drug-likeness (QED) is 0.546. The van der Waals surface area contributed by atoms with Gasteiger partial charge in [-0.25, -0.2) is 0 Å². The molecule has 0 amide bonds. The normalized spacial score (nSPS) is 24.9. The van der Waals surface area contributed by atoms with E-state index in [2.05, 4.69) is 4.90 Å². The van der Waals surface area contributed by atoms with Gasteiger partial charge < -0.3 is 10.0 Å². The molecule has 0 bridgehead atoms. The minimum Gasteiger partial charge on any atom is -0.396 e. The Morgan fingerprint density at radius 2 is 2.23 bits per heavy atom. The number of aliphatic hydroxyl groups excluding tert-OH is 1. The van der Waals surface area contributed by atoms with Crippen LogP contribution in [0.25, 0.3) is 0 Å². The van der Waals surface area contributed by atoms with Crippen LogP contribution in [0, 0.1) is 5.92 Å². The fourth-order valence-electron chi connectivity index (χ4n) is 1.93. The third-order valence-electron chi connectivity index (χ3n) is 2.72. The van der Waals surface area contributed by atoms with Gasteiger partial charge in [-0.3, -0.25) is 0 Å². The summed E-state index contributed by atoms with van der Waals surface area (Å²) < 4.78 is 0. The standard InChI is InChI=1S/C10H20ClNO/c11-5-1-2-6-12-7-3-4-10(8-12)9-13/h10,13H,1-9H2. The Labute approximate surface area is 85.9 Å². The van der Waals surface area contributed by atoms with Gasteiger partial charge in [-0.2, -0.15) is 0 Å². The molecular formula is C10H20ClNO. The maximum Gasteiger partial charge on any atom is 0.0471 e. The lowest BCUT2D eigenvalue weighted by Gasteiger charge is -2.31. The van der Waals surface area contributed by atoms with Gasteiger partial charge in [0.15, 0.2) is 0 Å². The van der Waals surface area contributed by atoms with E-state index in [1.807, 2.05) is 0 Å². The Balaban J connectivity index is 2.11. The number of rotatable bonds is 5. The highest BCUT2D eigenvalue weighted by atomic mass is 35.5. The maximum absolute atomic E-state index is 9.03. The summed E-state index contributed by atoms with van der Waals surface area (Å²) >= 11 is 5.62. The number of alkyl halides is 1. The van der Waals surface area contributed by atoms with Crippen molar-refractivity contribution < 1.29 is 5.11 Å². The number of hydrogen-bond acceptors (Lipinski definition) is 2. The van der Waals surface area contributed by atoms with Gasteiger partial charge in [0.25, 0.3) is 0 Å². The highest BCUT2D eigenvalue weighted by Gasteiger charge is 2.18. The van der Waals surface area contributed by atoms with Gasteiger partial charge in [0.1, 0.15) is 0 Å². The zero-order valence-corrected chi connectivity index (χ0v) is 8.97. The molecule has 0 spiro atoms. The van der Waals surface area contributed by atoms with Crippen molar-refractivity contribution in [2.75, 3.05) is 32.1 Å². The van der Waals surface area contributed by atoms with Crippen LogP contribution in [0.2, 0.25) is 0 Å². The van der Waals surface area contributed by atoms with Crippen molar-refractivity contribution in [2.24, 2.45) is 5.92 Å². The summed E-state index contributed by atoms with van der Waals surface area (Å²) in [6.45, 7) is 3.80. The summed E-state index contributed by atoms with van der Waals surface area (Å²) in [4.78, 5) is 2.46. The summed E-state index contributed by atoms with van der Waals surface area (Å²) in [6, 6.07) is 0. The Hall–Kier alpha value is 0.210. The summed E-state index contributed by atoms with van der Waals surface area (Å²) in [5.41, 5.74) is 0. The van der Waals surface area contributed by atoms with Gasteiger partial charge in [-0.15, -0.1) is 11.6 Å². The van der Waals surface area contributed by atoms with E-state index in [-0.39, 0.29) is 0 Å².